The molecule has 1 aliphatic carbocycles. The normalized spacial score (nSPS) is 19.7. The van der Waals surface area contributed by atoms with Gasteiger partial charge in [-0.3, -0.25) is 0 Å². The standard InChI is InChI=1S/C11H2Cl10/c12-1-2-5(13)3-4(7(15)6(2)14)11(20,21)9(17)8(16)10(3,18)19/h1H2. The highest BCUT2D eigenvalue weighted by molar-refractivity contribution is 6.64. The Bertz CT molecular complexity index is 658. The maximum Gasteiger partial charge on any atom is 0.181 e. The van der Waals surface area contributed by atoms with Crippen molar-refractivity contribution in [3.8, 4) is 0 Å². The zero-order chi connectivity index (χ0) is 16.3. The molecule has 0 heterocycles. The first-order valence-electron chi connectivity index (χ1n) is 5.07. The number of allylic oxidation sites excluding steroid dienone is 2. The summed E-state index contributed by atoms with van der Waals surface area (Å²) in [5, 5.41) is -0.187. The van der Waals surface area contributed by atoms with E-state index in [2.05, 4.69) is 0 Å². The van der Waals surface area contributed by atoms with Gasteiger partial charge in [-0.05, 0) is 0 Å². The predicted molar refractivity (Wildman–Crippen MR) is 96.5 cm³/mol. The smallest absolute Gasteiger partial charge is 0.121 e. The molecule has 0 N–H and O–H groups in total. The van der Waals surface area contributed by atoms with E-state index in [0.29, 0.717) is 5.56 Å². The van der Waals surface area contributed by atoms with Gasteiger partial charge in [0.05, 0.1) is 31.0 Å². The van der Waals surface area contributed by atoms with Crippen molar-refractivity contribution in [1.29, 1.82) is 0 Å². The molecule has 0 saturated carbocycles. The predicted octanol–water partition coefficient (Wildman–Crippen LogP) is 8.35. The van der Waals surface area contributed by atoms with Crippen molar-refractivity contribution in [2.45, 2.75) is 14.5 Å². The van der Waals surface area contributed by atoms with Gasteiger partial charge in [-0.25, -0.2) is 0 Å². The minimum Gasteiger partial charge on any atom is -0.121 e. The first kappa shape index (κ1) is 19.2. The first-order chi connectivity index (χ1) is 9.49. The van der Waals surface area contributed by atoms with E-state index >= 15 is 0 Å². The van der Waals surface area contributed by atoms with E-state index in [-0.39, 0.29) is 42.1 Å². The Morgan fingerprint density at radius 3 is 1.38 bits per heavy atom. The van der Waals surface area contributed by atoms with E-state index in [1.54, 1.807) is 0 Å². The van der Waals surface area contributed by atoms with Crippen LogP contribution in [0.25, 0.3) is 0 Å². The highest BCUT2D eigenvalue weighted by atomic mass is 35.5. The molecule has 1 aromatic rings. The molecule has 0 saturated heterocycles. The van der Waals surface area contributed by atoms with Gasteiger partial charge in [-0.1, -0.05) is 104 Å². The fourth-order valence-corrected chi connectivity index (χ4v) is 5.36. The summed E-state index contributed by atoms with van der Waals surface area (Å²) < 4.78 is -3.58. The molecule has 0 atom stereocenters. The fraction of sp³-hybridized carbons (Fsp3) is 0.273. The lowest BCUT2D eigenvalue weighted by Gasteiger charge is -2.37. The number of fused-ring (bicyclic) bond motifs is 1. The maximum absolute atomic E-state index is 6.29. The highest BCUT2D eigenvalue weighted by Gasteiger charge is 2.52. The largest absolute Gasteiger partial charge is 0.181 e. The second-order valence-electron chi connectivity index (χ2n) is 4.08. The molecule has 0 radical (unpaired) electrons. The summed E-state index contributed by atoms with van der Waals surface area (Å²) in [6.45, 7) is 0. The van der Waals surface area contributed by atoms with Crippen LogP contribution in [0.3, 0.4) is 0 Å². The maximum atomic E-state index is 6.29. The number of hydrogen-bond donors (Lipinski definition) is 0. The van der Waals surface area contributed by atoms with Crippen LogP contribution in [0, 0.1) is 0 Å². The van der Waals surface area contributed by atoms with Crippen LogP contribution in [0.5, 0.6) is 0 Å². The zero-order valence-corrected chi connectivity index (χ0v) is 17.0. The summed E-state index contributed by atoms with van der Waals surface area (Å²) in [5.74, 6) is -0.0266. The summed E-state index contributed by atoms with van der Waals surface area (Å²) in [6, 6.07) is 0. The Kier molecular flexibility index (Phi) is 5.76. The van der Waals surface area contributed by atoms with Crippen LogP contribution in [0.1, 0.15) is 16.7 Å². The molecule has 0 bridgehead atoms. The molecule has 2 rings (SSSR count). The molecule has 0 unspecified atom stereocenters. The molecule has 0 aliphatic heterocycles. The SMILES string of the molecule is ClCc1c(Cl)c(Cl)c2c(c1Cl)C(Cl)(Cl)C(Cl)=C(Cl)C2(Cl)Cl. The van der Waals surface area contributed by atoms with Gasteiger partial charge >= 0.3 is 0 Å². The highest BCUT2D eigenvalue weighted by Crippen LogP contribution is 2.63. The van der Waals surface area contributed by atoms with Crippen molar-refractivity contribution in [2.75, 3.05) is 0 Å². The van der Waals surface area contributed by atoms with Crippen molar-refractivity contribution >= 4 is 116 Å². The van der Waals surface area contributed by atoms with Crippen LogP contribution in [0.2, 0.25) is 15.1 Å². The third kappa shape index (κ3) is 2.76. The van der Waals surface area contributed by atoms with Crippen LogP contribution in [-0.2, 0) is 14.5 Å². The number of hydrogen-bond acceptors (Lipinski definition) is 0. The van der Waals surface area contributed by atoms with E-state index in [4.69, 9.17) is 116 Å². The minimum absolute atomic E-state index is 0.00436. The Morgan fingerprint density at radius 2 is 1.00 bits per heavy atom. The van der Waals surface area contributed by atoms with Crippen molar-refractivity contribution in [3.05, 3.63) is 41.8 Å². The summed E-state index contributed by atoms with van der Waals surface area (Å²) in [6.07, 6.45) is 0. The van der Waals surface area contributed by atoms with E-state index in [1.165, 1.54) is 0 Å². The molecule has 0 spiro atoms. The molecule has 1 aromatic carbocycles. The molecular weight excluding hydrogens is 487 g/mol. The fourth-order valence-electron chi connectivity index (χ4n) is 1.91. The molecule has 10 heteroatoms. The number of rotatable bonds is 1. The van der Waals surface area contributed by atoms with Crippen LogP contribution in [0.15, 0.2) is 10.1 Å². The Morgan fingerprint density at radius 1 is 0.619 bits per heavy atom. The quantitative estimate of drug-likeness (QED) is 0.275. The Labute approximate surface area is 171 Å². The summed E-state index contributed by atoms with van der Waals surface area (Å²) in [4.78, 5) is 0. The van der Waals surface area contributed by atoms with E-state index in [0.717, 1.165) is 0 Å². The van der Waals surface area contributed by atoms with Crippen molar-refractivity contribution in [1.82, 2.24) is 0 Å². The molecular formula is C11H2Cl10. The van der Waals surface area contributed by atoms with Crippen LogP contribution in [-0.4, -0.2) is 0 Å². The molecule has 0 amide bonds. The average Bonchev–Trinajstić information content (AvgIpc) is 2.39. The second-order valence-corrected chi connectivity index (χ2v) is 8.89. The van der Waals surface area contributed by atoms with Gasteiger partial charge in [0, 0.05) is 16.7 Å². The molecule has 21 heavy (non-hydrogen) atoms. The summed E-state index contributed by atoms with van der Waals surface area (Å²) in [7, 11) is 0. The molecule has 0 fully saturated rings. The van der Waals surface area contributed by atoms with E-state index in [9.17, 15) is 0 Å². The monoisotopic (exact) mass is 484 g/mol. The van der Waals surface area contributed by atoms with Crippen molar-refractivity contribution < 1.29 is 0 Å². The van der Waals surface area contributed by atoms with Crippen LogP contribution in [0.4, 0.5) is 0 Å². The summed E-state index contributed by atoms with van der Waals surface area (Å²) >= 11 is 61.7. The van der Waals surface area contributed by atoms with Gasteiger partial charge in [0.2, 0.25) is 0 Å². The number of benzene rings is 1. The minimum atomic E-state index is -1.80. The zero-order valence-electron chi connectivity index (χ0n) is 9.49. The van der Waals surface area contributed by atoms with Gasteiger partial charge in [-0.15, -0.1) is 11.6 Å². The van der Waals surface area contributed by atoms with Crippen molar-refractivity contribution in [2.24, 2.45) is 0 Å². The van der Waals surface area contributed by atoms with E-state index in [1.807, 2.05) is 0 Å². The second kappa shape index (κ2) is 6.30. The summed E-state index contributed by atoms with van der Waals surface area (Å²) in [5.41, 5.74) is 0.522. The van der Waals surface area contributed by atoms with Gasteiger partial charge in [0.25, 0.3) is 0 Å². The van der Waals surface area contributed by atoms with Gasteiger partial charge < -0.3 is 0 Å². The molecule has 0 nitrogen and oxygen atoms in total. The lowest BCUT2D eigenvalue weighted by molar-refractivity contribution is 0.900. The van der Waals surface area contributed by atoms with Crippen LogP contribution < -0.4 is 0 Å². The van der Waals surface area contributed by atoms with Gasteiger partial charge in [-0.2, -0.15) is 0 Å². The number of halogens is 10. The Hall–Kier alpha value is 1.86. The van der Waals surface area contributed by atoms with Gasteiger partial charge in [0.1, 0.15) is 0 Å². The lowest BCUT2D eigenvalue weighted by Crippen LogP contribution is -2.30. The van der Waals surface area contributed by atoms with Gasteiger partial charge in [0.15, 0.2) is 8.67 Å². The topological polar surface area (TPSA) is 0 Å². The Balaban J connectivity index is 3.04. The van der Waals surface area contributed by atoms with Crippen LogP contribution >= 0.6 is 116 Å². The number of alkyl halides is 5. The molecule has 1 aliphatic rings. The first-order valence-corrected chi connectivity index (χ1v) is 9.01. The molecule has 116 valence electrons. The van der Waals surface area contributed by atoms with E-state index < -0.39 is 8.67 Å². The van der Waals surface area contributed by atoms with Crippen molar-refractivity contribution in [3.63, 3.8) is 0 Å². The average molecular weight is 489 g/mol. The third-order valence-electron chi connectivity index (χ3n) is 2.92. The lowest BCUT2D eigenvalue weighted by atomic mass is 9.92. The third-order valence-corrected chi connectivity index (χ3v) is 7.43. The molecule has 0 aromatic heterocycles.